The lowest BCUT2D eigenvalue weighted by Crippen LogP contribution is -2.11. The molecular weight excluding hydrogens is 266 g/mol. The predicted molar refractivity (Wildman–Crippen MR) is 81.1 cm³/mol. The van der Waals surface area contributed by atoms with E-state index in [9.17, 15) is 9.59 Å². The highest BCUT2D eigenvalue weighted by atomic mass is 16.5. The molecule has 0 aliphatic rings. The molecule has 4 heteroatoms. The molecule has 0 aliphatic carbocycles. The summed E-state index contributed by atoms with van der Waals surface area (Å²) in [6.45, 7) is 8.97. The van der Waals surface area contributed by atoms with Gasteiger partial charge in [-0.05, 0) is 63.4 Å². The van der Waals surface area contributed by atoms with Crippen LogP contribution in [0.15, 0.2) is 18.2 Å². The summed E-state index contributed by atoms with van der Waals surface area (Å²) in [4.78, 5) is 26.8. The molecule has 0 spiro atoms. The Morgan fingerprint density at radius 2 is 1.71 bits per heavy atom. The first-order valence-electron chi connectivity index (χ1n) is 6.80. The van der Waals surface area contributed by atoms with Crippen LogP contribution in [0.5, 0.6) is 5.75 Å². The van der Waals surface area contributed by atoms with Crippen molar-refractivity contribution in [1.29, 1.82) is 0 Å². The molecule has 1 aromatic carbocycles. The smallest absolute Gasteiger partial charge is 0.360 e. The summed E-state index contributed by atoms with van der Waals surface area (Å²) in [5, 5.41) is 0. The molecular formula is C17H19NO3. The van der Waals surface area contributed by atoms with Crippen LogP contribution >= 0.6 is 0 Å². The molecule has 0 radical (unpaired) electrons. The normalized spacial score (nSPS) is 10.5. The van der Waals surface area contributed by atoms with E-state index in [0.29, 0.717) is 28.3 Å². The molecule has 1 N–H and O–H groups in total. The Morgan fingerprint density at radius 3 is 2.24 bits per heavy atom. The number of esters is 1. The van der Waals surface area contributed by atoms with Crippen molar-refractivity contribution in [1.82, 2.24) is 4.98 Å². The number of ether oxygens (including phenoxy) is 1. The summed E-state index contributed by atoms with van der Waals surface area (Å²) >= 11 is 0. The fourth-order valence-corrected chi connectivity index (χ4v) is 2.42. The maximum atomic E-state index is 12.3. The van der Waals surface area contributed by atoms with Crippen LogP contribution in [0, 0.1) is 27.7 Å². The topological polar surface area (TPSA) is 59.2 Å². The lowest BCUT2D eigenvalue weighted by atomic mass is 10.1. The van der Waals surface area contributed by atoms with E-state index in [2.05, 4.69) is 4.98 Å². The average Bonchev–Trinajstić information content (AvgIpc) is 2.69. The quantitative estimate of drug-likeness (QED) is 0.532. The molecule has 1 aromatic heterocycles. The molecule has 21 heavy (non-hydrogen) atoms. The van der Waals surface area contributed by atoms with E-state index >= 15 is 0 Å². The van der Waals surface area contributed by atoms with Crippen molar-refractivity contribution < 1.29 is 14.3 Å². The Hall–Kier alpha value is -2.36. The van der Waals surface area contributed by atoms with Crippen LogP contribution in [0.1, 0.15) is 50.2 Å². The van der Waals surface area contributed by atoms with Crippen LogP contribution in [0.2, 0.25) is 0 Å². The molecule has 110 valence electrons. The van der Waals surface area contributed by atoms with Gasteiger partial charge >= 0.3 is 5.97 Å². The zero-order valence-corrected chi connectivity index (χ0v) is 13.0. The highest BCUT2D eigenvalue weighted by Crippen LogP contribution is 2.22. The number of benzene rings is 1. The van der Waals surface area contributed by atoms with E-state index in [4.69, 9.17) is 4.74 Å². The van der Waals surface area contributed by atoms with Gasteiger partial charge in [-0.25, -0.2) is 4.79 Å². The van der Waals surface area contributed by atoms with Gasteiger partial charge in [0.2, 0.25) is 0 Å². The van der Waals surface area contributed by atoms with Gasteiger partial charge in [0, 0.05) is 11.3 Å². The number of carbonyl (C=O) groups excluding carboxylic acids is 2. The summed E-state index contributed by atoms with van der Waals surface area (Å²) in [5.74, 6) is -0.0445. The zero-order valence-electron chi connectivity index (χ0n) is 13.0. The largest absolute Gasteiger partial charge is 0.422 e. The van der Waals surface area contributed by atoms with Crippen LogP contribution in [0.3, 0.4) is 0 Å². The van der Waals surface area contributed by atoms with Crippen molar-refractivity contribution in [3.63, 3.8) is 0 Å². The van der Waals surface area contributed by atoms with Gasteiger partial charge in [0.15, 0.2) is 5.78 Å². The monoisotopic (exact) mass is 285 g/mol. The molecule has 0 amide bonds. The third-order valence-electron chi connectivity index (χ3n) is 3.68. The number of H-pyrrole nitrogens is 1. The molecule has 0 bridgehead atoms. The Balaban J connectivity index is 2.31. The molecule has 0 saturated heterocycles. The second-order valence-corrected chi connectivity index (χ2v) is 5.32. The predicted octanol–water partition coefficient (Wildman–Crippen LogP) is 3.67. The van der Waals surface area contributed by atoms with Crippen LogP contribution in [-0.4, -0.2) is 16.7 Å². The third kappa shape index (κ3) is 2.89. The number of Topliss-reactive ketones (excluding diaryl/α,β-unsaturated/α-hetero) is 1. The number of aromatic amines is 1. The minimum absolute atomic E-state index is 0.0634. The first-order chi connectivity index (χ1) is 9.81. The first kappa shape index (κ1) is 15.0. The van der Waals surface area contributed by atoms with E-state index in [1.54, 1.807) is 19.9 Å². The van der Waals surface area contributed by atoms with Gasteiger partial charge in [0.1, 0.15) is 11.4 Å². The number of carbonyl (C=O) groups is 2. The van der Waals surface area contributed by atoms with Gasteiger partial charge in [0.05, 0.1) is 0 Å². The number of aryl methyl sites for hydroxylation is 3. The molecule has 0 aliphatic heterocycles. The number of rotatable bonds is 3. The van der Waals surface area contributed by atoms with Gasteiger partial charge < -0.3 is 9.72 Å². The summed E-state index contributed by atoms with van der Waals surface area (Å²) < 4.78 is 5.38. The highest BCUT2D eigenvalue weighted by molar-refractivity contribution is 6.01. The molecule has 0 saturated carbocycles. The summed E-state index contributed by atoms with van der Waals surface area (Å²) in [7, 11) is 0. The molecule has 1 heterocycles. The minimum atomic E-state index is -0.480. The Kier molecular flexibility index (Phi) is 3.98. The Labute approximate surface area is 124 Å². The van der Waals surface area contributed by atoms with E-state index in [1.807, 2.05) is 26.0 Å². The van der Waals surface area contributed by atoms with Gasteiger partial charge in [0.25, 0.3) is 0 Å². The number of nitrogens with one attached hydrogen (secondary N) is 1. The maximum Gasteiger partial charge on any atom is 0.360 e. The lowest BCUT2D eigenvalue weighted by molar-refractivity contribution is 0.0728. The van der Waals surface area contributed by atoms with Gasteiger partial charge in [-0.3, -0.25) is 4.79 Å². The summed E-state index contributed by atoms with van der Waals surface area (Å²) in [6.07, 6.45) is 0. The Morgan fingerprint density at radius 1 is 1.05 bits per heavy atom. The fraction of sp³-hybridized carbons (Fsp3) is 0.294. The number of aromatic nitrogens is 1. The highest BCUT2D eigenvalue weighted by Gasteiger charge is 2.21. The molecule has 2 rings (SSSR count). The van der Waals surface area contributed by atoms with Crippen molar-refractivity contribution in [3.8, 4) is 5.75 Å². The van der Waals surface area contributed by atoms with Crippen LogP contribution < -0.4 is 4.74 Å². The SMILES string of the molecule is CC(=O)c1c(C)[nH]c(C(=O)Oc2ccc(C)c(C)c2)c1C. The number of ketones is 1. The van der Waals surface area contributed by atoms with Crippen molar-refractivity contribution in [2.24, 2.45) is 0 Å². The molecule has 0 atom stereocenters. The Bertz CT molecular complexity index is 726. The summed E-state index contributed by atoms with van der Waals surface area (Å²) in [6, 6.07) is 5.49. The fourth-order valence-electron chi connectivity index (χ4n) is 2.42. The lowest BCUT2D eigenvalue weighted by Gasteiger charge is -2.06. The molecule has 4 nitrogen and oxygen atoms in total. The average molecular weight is 285 g/mol. The second kappa shape index (κ2) is 5.56. The van der Waals surface area contributed by atoms with E-state index in [1.165, 1.54) is 6.92 Å². The summed E-state index contributed by atoms with van der Waals surface area (Å²) in [5.41, 5.74) is 4.41. The second-order valence-electron chi connectivity index (χ2n) is 5.32. The van der Waals surface area contributed by atoms with Crippen molar-refractivity contribution in [2.75, 3.05) is 0 Å². The first-order valence-corrected chi connectivity index (χ1v) is 6.80. The van der Waals surface area contributed by atoms with Crippen LogP contribution in [0.4, 0.5) is 0 Å². The number of hydrogen-bond acceptors (Lipinski definition) is 3. The standard InChI is InChI=1S/C17H19NO3/c1-9-6-7-14(8-10(9)2)21-17(20)16-11(3)15(13(5)19)12(4)18-16/h6-8,18H,1-5H3. The molecule has 2 aromatic rings. The van der Waals surface area contributed by atoms with Crippen molar-refractivity contribution in [3.05, 3.63) is 51.8 Å². The zero-order chi connectivity index (χ0) is 15.7. The van der Waals surface area contributed by atoms with Crippen LogP contribution in [-0.2, 0) is 0 Å². The van der Waals surface area contributed by atoms with E-state index in [0.717, 1.165) is 11.1 Å². The minimum Gasteiger partial charge on any atom is -0.422 e. The van der Waals surface area contributed by atoms with Gasteiger partial charge in [-0.15, -0.1) is 0 Å². The van der Waals surface area contributed by atoms with Crippen LogP contribution in [0.25, 0.3) is 0 Å². The van der Waals surface area contributed by atoms with E-state index < -0.39 is 5.97 Å². The molecule has 0 unspecified atom stereocenters. The maximum absolute atomic E-state index is 12.3. The van der Waals surface area contributed by atoms with Crippen molar-refractivity contribution in [2.45, 2.75) is 34.6 Å². The molecule has 0 fully saturated rings. The van der Waals surface area contributed by atoms with Gasteiger partial charge in [-0.2, -0.15) is 0 Å². The van der Waals surface area contributed by atoms with Crippen molar-refractivity contribution >= 4 is 11.8 Å². The van der Waals surface area contributed by atoms with E-state index in [-0.39, 0.29) is 5.78 Å². The number of hydrogen-bond donors (Lipinski definition) is 1. The van der Waals surface area contributed by atoms with Gasteiger partial charge in [-0.1, -0.05) is 6.07 Å². The third-order valence-corrected chi connectivity index (χ3v) is 3.68.